The van der Waals surface area contributed by atoms with Crippen molar-refractivity contribution in [1.82, 2.24) is 0 Å². The fourth-order valence-electron chi connectivity index (χ4n) is 4.87. The molecule has 0 bridgehead atoms. The van der Waals surface area contributed by atoms with Crippen molar-refractivity contribution in [2.24, 2.45) is 0 Å². The second-order valence-corrected chi connectivity index (χ2v) is 11.5. The Bertz CT molecular complexity index is 1670. The van der Waals surface area contributed by atoms with E-state index in [1.54, 1.807) is 0 Å². The quantitative estimate of drug-likeness (QED) is 0.0771. The number of nitrogens with zero attached hydrogens (tertiary/aromatic N) is 1. The molecule has 0 amide bonds. The lowest BCUT2D eigenvalue weighted by Crippen LogP contribution is -2.81. The lowest BCUT2D eigenvalue weighted by atomic mass is 9.12. The van der Waals surface area contributed by atoms with Gasteiger partial charge in [0.15, 0.2) is 69.8 Å². The highest BCUT2D eigenvalue weighted by Crippen LogP contribution is 2.30. The lowest BCUT2D eigenvalue weighted by Gasteiger charge is -2.44. The largest absolute Gasteiger partial charge is 0.333 e. The van der Waals surface area contributed by atoms with Crippen molar-refractivity contribution >= 4 is 28.0 Å². The van der Waals surface area contributed by atoms with Gasteiger partial charge in [0.05, 0.1) is 28.2 Å². The molecule has 50 heavy (non-hydrogen) atoms. The number of quaternary nitrogens is 1. The minimum atomic E-state index is -7.22. The highest BCUT2D eigenvalue weighted by molar-refractivity contribution is 7.20. The molecule has 272 valence electrons. The van der Waals surface area contributed by atoms with Crippen molar-refractivity contribution in [1.29, 1.82) is 0 Å². The zero-order valence-electron chi connectivity index (χ0n) is 24.6. The zero-order chi connectivity index (χ0) is 38.9. The van der Waals surface area contributed by atoms with E-state index in [2.05, 4.69) is 28.2 Å². The minimum absolute atomic E-state index is 1.00. The van der Waals surface area contributed by atoms with Gasteiger partial charge >= 0.3 is 0 Å². The van der Waals surface area contributed by atoms with Crippen LogP contribution in [0.4, 0.5) is 87.8 Å². The summed E-state index contributed by atoms with van der Waals surface area (Å²) in [5, 5.41) is 0. The summed E-state index contributed by atoms with van der Waals surface area (Å²) in [4.78, 5) is 0. The maximum Gasteiger partial charge on any atom is 0.200 e. The second-order valence-electron chi connectivity index (χ2n) is 11.5. The van der Waals surface area contributed by atoms with Crippen LogP contribution in [0.25, 0.3) is 0 Å². The first-order valence-electron chi connectivity index (χ1n) is 12.7. The first-order valence-corrected chi connectivity index (χ1v) is 12.7. The molecule has 1 nitrogen and oxygen atoms in total. The lowest BCUT2D eigenvalue weighted by molar-refractivity contribution is -0.849. The van der Waals surface area contributed by atoms with Gasteiger partial charge in [-0.2, -0.15) is 0 Å². The molecule has 0 aliphatic carbocycles. The molecule has 4 aromatic carbocycles. The normalized spacial score (nSPS) is 12.0. The van der Waals surface area contributed by atoms with Gasteiger partial charge in [0.25, 0.3) is 0 Å². The molecule has 0 fully saturated rings. The highest BCUT2D eigenvalue weighted by atomic mass is 19.2. The summed E-state index contributed by atoms with van der Waals surface area (Å²) in [5.41, 5.74) is -14.3. The second kappa shape index (κ2) is 13.3. The van der Waals surface area contributed by atoms with Crippen molar-refractivity contribution in [2.45, 2.75) is 0 Å². The Morgan fingerprint density at radius 3 is 0.400 bits per heavy atom. The van der Waals surface area contributed by atoms with Crippen LogP contribution < -0.4 is 21.9 Å². The molecule has 0 aromatic heterocycles. The summed E-state index contributed by atoms with van der Waals surface area (Å²) in [6, 6.07) is 0. The molecule has 0 heterocycles. The van der Waals surface area contributed by atoms with E-state index in [0.29, 0.717) is 0 Å². The molecule has 0 atom stereocenters. The summed E-state index contributed by atoms with van der Waals surface area (Å²) < 4.78 is 295. The molecule has 0 N–H and O–H groups in total. The Morgan fingerprint density at radius 1 is 0.220 bits per heavy atom. The molecule has 4 aromatic rings. The van der Waals surface area contributed by atoms with Crippen LogP contribution >= 0.6 is 0 Å². The van der Waals surface area contributed by atoms with E-state index >= 15 is 35.1 Å². The van der Waals surface area contributed by atoms with Gasteiger partial charge in [0, 0.05) is 0 Å². The van der Waals surface area contributed by atoms with Crippen molar-refractivity contribution in [3.05, 3.63) is 116 Å². The maximum atomic E-state index is 15.4. The van der Waals surface area contributed by atoms with Crippen LogP contribution in [0, 0.1) is 116 Å². The summed E-state index contributed by atoms with van der Waals surface area (Å²) >= 11 is 0. The summed E-state index contributed by atoms with van der Waals surface area (Å²) in [5.74, 6) is -71.4. The molecule has 0 radical (unpaired) electrons. The molecule has 0 saturated carbocycles. The molecule has 22 heteroatoms. The molecular formula is C28H12BF20N. The van der Waals surface area contributed by atoms with Gasteiger partial charge < -0.3 is 4.48 Å². The fourth-order valence-corrected chi connectivity index (χ4v) is 4.87. The van der Waals surface area contributed by atoms with Crippen LogP contribution in [0.15, 0.2) is 0 Å². The monoisotopic (exact) mass is 753 g/mol. The van der Waals surface area contributed by atoms with Gasteiger partial charge in [-0.1, -0.05) is 0 Å². The topological polar surface area (TPSA) is 0 Å². The summed E-state index contributed by atoms with van der Waals surface area (Å²) in [7, 11) is 8.50. The third-order valence-corrected chi connectivity index (χ3v) is 6.71. The van der Waals surface area contributed by atoms with E-state index in [0.717, 1.165) is 4.48 Å². The minimum Gasteiger partial charge on any atom is -0.333 e. The smallest absolute Gasteiger partial charge is 0.200 e. The fraction of sp³-hybridized carbons (Fsp3) is 0.143. The van der Waals surface area contributed by atoms with Gasteiger partial charge in [-0.25, -0.2) is 87.8 Å². The van der Waals surface area contributed by atoms with Gasteiger partial charge in [-0.3, -0.25) is 0 Å². The third-order valence-electron chi connectivity index (χ3n) is 6.71. The Morgan fingerprint density at radius 2 is 0.300 bits per heavy atom. The average Bonchev–Trinajstić information content (AvgIpc) is 3.03. The molecule has 0 spiro atoms. The van der Waals surface area contributed by atoms with E-state index in [1.807, 2.05) is 0 Å². The van der Waals surface area contributed by atoms with Gasteiger partial charge in [-0.15, -0.1) is 21.9 Å². The molecule has 0 saturated heterocycles. The van der Waals surface area contributed by atoms with Crippen LogP contribution in [0.1, 0.15) is 0 Å². The van der Waals surface area contributed by atoms with Crippen LogP contribution in [-0.2, 0) is 0 Å². The van der Waals surface area contributed by atoms with Crippen LogP contribution in [0.3, 0.4) is 0 Å². The summed E-state index contributed by atoms with van der Waals surface area (Å²) in [6.45, 7) is 0. The van der Waals surface area contributed by atoms with Crippen LogP contribution in [-0.4, -0.2) is 38.8 Å². The third kappa shape index (κ3) is 5.89. The molecule has 0 aliphatic heterocycles. The standard InChI is InChI=1S/C24BF20.C4H12N/c26-5-1(6(27)14(35)21(42)13(5)34)25(2-7(28)15(36)22(43)16(37)8(2)29,3-9(30)17(38)23(44)18(39)10(3)31)4-11(32)19(40)24(45)20(41)12(4)33;1-5(2,3)4/h;1-4H3/q-1;+1. The Hall–Kier alpha value is -4.50. The van der Waals surface area contributed by atoms with Gasteiger partial charge in [-0.05, 0) is 0 Å². The number of rotatable bonds is 4. The molecule has 0 unspecified atom stereocenters. The number of benzene rings is 4. The number of hydrogen-bond acceptors (Lipinski definition) is 0. The Labute approximate surface area is 265 Å². The predicted molar refractivity (Wildman–Crippen MR) is 133 cm³/mol. The van der Waals surface area contributed by atoms with Gasteiger partial charge in [0.2, 0.25) is 0 Å². The van der Waals surface area contributed by atoms with Gasteiger partial charge in [0.1, 0.15) is 52.7 Å². The van der Waals surface area contributed by atoms with Crippen molar-refractivity contribution in [3.63, 3.8) is 0 Å². The first-order chi connectivity index (χ1) is 22.7. The summed E-state index contributed by atoms with van der Waals surface area (Å²) in [6.07, 6.45) is -7.22. The average molecular weight is 753 g/mol. The van der Waals surface area contributed by atoms with Crippen molar-refractivity contribution < 1.29 is 92.3 Å². The molecule has 4 rings (SSSR count). The Kier molecular flexibility index (Phi) is 10.6. The SMILES string of the molecule is C[N+](C)(C)C.Fc1c(F)c(F)c([B-](c2c(F)c(F)c(F)c(F)c2F)(c2c(F)c(F)c(F)c(F)c2F)c2c(F)c(F)c(F)c(F)c2F)c(F)c1F. The maximum absolute atomic E-state index is 15.4. The van der Waals surface area contributed by atoms with Crippen molar-refractivity contribution in [2.75, 3.05) is 28.2 Å². The van der Waals surface area contributed by atoms with E-state index < -0.39 is 144 Å². The Balaban J connectivity index is 0.00000126. The van der Waals surface area contributed by atoms with E-state index in [-0.39, 0.29) is 0 Å². The van der Waals surface area contributed by atoms with Crippen LogP contribution in [0.5, 0.6) is 0 Å². The molecular weight excluding hydrogens is 741 g/mol. The molecule has 0 aliphatic rings. The van der Waals surface area contributed by atoms with Crippen molar-refractivity contribution in [3.8, 4) is 0 Å². The van der Waals surface area contributed by atoms with E-state index in [9.17, 15) is 52.7 Å². The number of halogens is 20. The zero-order valence-corrected chi connectivity index (χ0v) is 24.6. The van der Waals surface area contributed by atoms with Crippen LogP contribution in [0.2, 0.25) is 0 Å². The van der Waals surface area contributed by atoms with E-state index in [4.69, 9.17) is 0 Å². The highest BCUT2D eigenvalue weighted by Gasteiger charge is 2.52. The first kappa shape index (κ1) is 39.9. The number of hydrogen-bond donors (Lipinski definition) is 0. The van der Waals surface area contributed by atoms with E-state index in [1.165, 1.54) is 0 Å². The predicted octanol–water partition coefficient (Wildman–Crippen LogP) is 6.17.